The summed E-state index contributed by atoms with van der Waals surface area (Å²) in [5.41, 5.74) is 0.832. The van der Waals surface area contributed by atoms with E-state index in [1.165, 1.54) is 12.1 Å². The van der Waals surface area contributed by atoms with Crippen LogP contribution in [0.3, 0.4) is 0 Å². The van der Waals surface area contributed by atoms with Crippen molar-refractivity contribution in [3.05, 3.63) is 35.6 Å². The third kappa shape index (κ3) is 5.51. The van der Waals surface area contributed by atoms with E-state index in [1.54, 1.807) is 11.0 Å². The second-order valence-corrected chi connectivity index (χ2v) is 6.08. The first kappa shape index (κ1) is 18.2. The third-order valence-electron chi connectivity index (χ3n) is 4.18. The molecule has 0 radical (unpaired) electrons. The summed E-state index contributed by atoms with van der Waals surface area (Å²) in [4.78, 5) is 28.0. The first-order valence-corrected chi connectivity index (χ1v) is 8.65. The summed E-state index contributed by atoms with van der Waals surface area (Å²) < 4.78 is 13.2. The van der Waals surface area contributed by atoms with Crippen LogP contribution in [0.5, 0.6) is 0 Å². The van der Waals surface area contributed by atoms with Gasteiger partial charge < -0.3 is 15.1 Å². The number of carbonyl (C=O) groups excluding carboxylic acids is 2. The Morgan fingerprint density at radius 2 is 1.92 bits per heavy atom. The van der Waals surface area contributed by atoms with Crippen molar-refractivity contribution >= 4 is 11.9 Å². The number of nitrogens with zero attached hydrogens (tertiary/aromatic N) is 2. The summed E-state index contributed by atoms with van der Waals surface area (Å²) >= 11 is 0. The van der Waals surface area contributed by atoms with Gasteiger partial charge in [-0.3, -0.25) is 4.79 Å². The van der Waals surface area contributed by atoms with E-state index in [1.807, 2.05) is 17.9 Å². The lowest BCUT2D eigenvalue weighted by Gasteiger charge is -2.22. The minimum absolute atomic E-state index is 0.0501. The van der Waals surface area contributed by atoms with Crippen molar-refractivity contribution in [1.82, 2.24) is 15.1 Å². The maximum absolute atomic E-state index is 13.2. The van der Waals surface area contributed by atoms with E-state index in [2.05, 4.69) is 5.32 Å². The van der Waals surface area contributed by atoms with Crippen molar-refractivity contribution in [2.45, 2.75) is 32.6 Å². The van der Waals surface area contributed by atoms with Gasteiger partial charge in [0.1, 0.15) is 5.82 Å². The number of hydrogen-bond acceptors (Lipinski definition) is 2. The van der Waals surface area contributed by atoms with Gasteiger partial charge in [0.2, 0.25) is 5.91 Å². The summed E-state index contributed by atoms with van der Waals surface area (Å²) in [6.45, 7) is 5.14. The number of rotatable bonds is 5. The molecule has 0 unspecified atom stereocenters. The van der Waals surface area contributed by atoms with Gasteiger partial charge in [-0.05, 0) is 37.0 Å². The highest BCUT2D eigenvalue weighted by atomic mass is 19.1. The number of urea groups is 1. The quantitative estimate of drug-likeness (QED) is 0.898. The van der Waals surface area contributed by atoms with Crippen molar-refractivity contribution in [2.24, 2.45) is 0 Å². The second kappa shape index (κ2) is 9.25. The lowest BCUT2D eigenvalue weighted by molar-refractivity contribution is -0.131. The largest absolute Gasteiger partial charge is 0.341 e. The molecule has 0 atom stereocenters. The van der Waals surface area contributed by atoms with E-state index in [0.717, 1.165) is 18.4 Å². The average Bonchev–Trinajstić information content (AvgIpc) is 2.84. The molecule has 0 saturated carbocycles. The van der Waals surface area contributed by atoms with Crippen LogP contribution in [0.25, 0.3) is 0 Å². The minimum Gasteiger partial charge on any atom is -0.341 e. The van der Waals surface area contributed by atoms with Crippen LogP contribution in [-0.2, 0) is 11.2 Å². The molecule has 1 aliphatic rings. The Morgan fingerprint density at radius 1 is 1.17 bits per heavy atom. The fraction of sp³-hybridized carbons (Fsp3) is 0.556. The van der Waals surface area contributed by atoms with E-state index >= 15 is 0 Å². The standard InChI is InChI=1S/C18H26FN3O2/c1-2-9-20-18(24)22-11-4-10-21(12-13-22)17(23)8-7-15-5-3-6-16(19)14-15/h3,5-6,14H,2,4,7-13H2,1H3,(H,20,24). The van der Waals surface area contributed by atoms with E-state index in [0.29, 0.717) is 45.6 Å². The first-order valence-electron chi connectivity index (χ1n) is 8.65. The summed E-state index contributed by atoms with van der Waals surface area (Å²) in [6.07, 6.45) is 2.59. The number of amides is 3. The summed E-state index contributed by atoms with van der Waals surface area (Å²) in [5.74, 6) is -0.210. The highest BCUT2D eigenvalue weighted by Gasteiger charge is 2.21. The number of halogens is 1. The van der Waals surface area contributed by atoms with Gasteiger partial charge >= 0.3 is 6.03 Å². The van der Waals surface area contributed by atoms with E-state index in [9.17, 15) is 14.0 Å². The molecule has 132 valence electrons. The number of carbonyl (C=O) groups is 2. The van der Waals surface area contributed by atoms with Gasteiger partial charge in [0.05, 0.1) is 0 Å². The molecule has 1 aromatic rings. The molecule has 6 heteroatoms. The van der Waals surface area contributed by atoms with Crippen LogP contribution >= 0.6 is 0 Å². The summed E-state index contributed by atoms with van der Waals surface area (Å²) in [6, 6.07) is 6.31. The predicted octanol–water partition coefficient (Wildman–Crippen LogP) is 2.41. The van der Waals surface area contributed by atoms with E-state index in [-0.39, 0.29) is 17.8 Å². The average molecular weight is 335 g/mol. The van der Waals surface area contributed by atoms with Gasteiger partial charge in [-0.2, -0.15) is 0 Å². The number of benzene rings is 1. The maximum atomic E-state index is 13.2. The highest BCUT2D eigenvalue weighted by molar-refractivity contribution is 5.77. The molecule has 1 aliphatic heterocycles. The van der Waals surface area contributed by atoms with Gasteiger partial charge in [0, 0.05) is 39.1 Å². The Kier molecular flexibility index (Phi) is 7.03. The molecule has 24 heavy (non-hydrogen) atoms. The van der Waals surface area contributed by atoms with Gasteiger partial charge in [-0.1, -0.05) is 19.1 Å². The van der Waals surface area contributed by atoms with Crippen LogP contribution in [0.4, 0.5) is 9.18 Å². The Labute approximate surface area is 142 Å². The van der Waals surface area contributed by atoms with Crippen molar-refractivity contribution in [3.8, 4) is 0 Å². The van der Waals surface area contributed by atoms with Crippen LogP contribution in [0.2, 0.25) is 0 Å². The van der Waals surface area contributed by atoms with Crippen LogP contribution in [0.15, 0.2) is 24.3 Å². The molecule has 0 bridgehead atoms. The molecule has 3 amide bonds. The predicted molar refractivity (Wildman–Crippen MR) is 91.2 cm³/mol. The van der Waals surface area contributed by atoms with Crippen molar-refractivity contribution < 1.29 is 14.0 Å². The molecule has 1 aromatic carbocycles. The lowest BCUT2D eigenvalue weighted by atomic mass is 10.1. The normalized spacial score (nSPS) is 15.1. The number of nitrogens with one attached hydrogen (secondary N) is 1. The number of aryl methyl sites for hydroxylation is 1. The van der Waals surface area contributed by atoms with E-state index in [4.69, 9.17) is 0 Å². The monoisotopic (exact) mass is 335 g/mol. The molecule has 5 nitrogen and oxygen atoms in total. The van der Waals surface area contributed by atoms with Crippen molar-refractivity contribution in [2.75, 3.05) is 32.7 Å². The summed E-state index contributed by atoms with van der Waals surface area (Å²) in [7, 11) is 0. The van der Waals surface area contributed by atoms with Crippen LogP contribution in [0, 0.1) is 5.82 Å². The molecule has 0 spiro atoms. The van der Waals surface area contributed by atoms with E-state index < -0.39 is 0 Å². The van der Waals surface area contributed by atoms with Gasteiger partial charge in [-0.15, -0.1) is 0 Å². The van der Waals surface area contributed by atoms with Gasteiger partial charge in [-0.25, -0.2) is 9.18 Å². The summed E-state index contributed by atoms with van der Waals surface area (Å²) in [5, 5.41) is 2.87. The van der Waals surface area contributed by atoms with Crippen LogP contribution in [0.1, 0.15) is 31.7 Å². The molecule has 0 aliphatic carbocycles. The van der Waals surface area contributed by atoms with Crippen LogP contribution < -0.4 is 5.32 Å². The fourth-order valence-corrected chi connectivity index (χ4v) is 2.82. The zero-order valence-electron chi connectivity index (χ0n) is 14.3. The Bertz CT molecular complexity index is 565. The molecular weight excluding hydrogens is 309 g/mol. The molecule has 1 fully saturated rings. The Morgan fingerprint density at radius 3 is 2.67 bits per heavy atom. The SMILES string of the molecule is CCCNC(=O)N1CCCN(C(=O)CCc2cccc(F)c2)CC1. The first-order chi connectivity index (χ1) is 11.6. The third-order valence-corrected chi connectivity index (χ3v) is 4.18. The molecule has 1 heterocycles. The number of hydrogen-bond donors (Lipinski definition) is 1. The fourth-order valence-electron chi connectivity index (χ4n) is 2.82. The minimum atomic E-state index is -0.275. The lowest BCUT2D eigenvalue weighted by Crippen LogP contribution is -2.42. The molecule has 2 rings (SSSR count). The molecule has 0 aromatic heterocycles. The maximum Gasteiger partial charge on any atom is 0.317 e. The highest BCUT2D eigenvalue weighted by Crippen LogP contribution is 2.10. The molecule has 1 saturated heterocycles. The zero-order chi connectivity index (χ0) is 17.4. The Hall–Kier alpha value is -2.11. The second-order valence-electron chi connectivity index (χ2n) is 6.08. The topological polar surface area (TPSA) is 52.7 Å². The van der Waals surface area contributed by atoms with Gasteiger partial charge in [0.15, 0.2) is 0 Å². The van der Waals surface area contributed by atoms with Crippen LogP contribution in [-0.4, -0.2) is 54.5 Å². The van der Waals surface area contributed by atoms with Crippen molar-refractivity contribution in [3.63, 3.8) is 0 Å². The Balaban J connectivity index is 1.80. The smallest absolute Gasteiger partial charge is 0.317 e. The van der Waals surface area contributed by atoms with Crippen molar-refractivity contribution in [1.29, 1.82) is 0 Å². The zero-order valence-corrected chi connectivity index (χ0v) is 14.3. The molecule has 1 N–H and O–H groups in total. The van der Waals surface area contributed by atoms with Gasteiger partial charge in [0.25, 0.3) is 0 Å². The molecular formula is C18H26FN3O2.